The van der Waals surface area contributed by atoms with Gasteiger partial charge in [0.2, 0.25) is 0 Å². The summed E-state index contributed by atoms with van der Waals surface area (Å²) in [6.45, 7) is 0. The Morgan fingerprint density at radius 3 is 2.59 bits per heavy atom. The molecule has 0 aromatic heterocycles. The molecule has 0 aliphatic rings. The predicted octanol–water partition coefficient (Wildman–Crippen LogP) is 1.65. The Morgan fingerprint density at radius 2 is 1.95 bits per heavy atom. The van der Waals surface area contributed by atoms with Gasteiger partial charge in [0.15, 0.2) is 0 Å². The number of carbonyl (C=O) groups excluding carboxylic acids is 1. The van der Waals surface area contributed by atoms with Crippen LogP contribution in [0.25, 0.3) is 0 Å². The highest BCUT2D eigenvalue weighted by molar-refractivity contribution is 5.95. The average Bonchev–Trinajstić information content (AvgIpc) is 2.49. The van der Waals surface area contributed by atoms with Crippen molar-refractivity contribution in [3.05, 3.63) is 63.7 Å². The topological polar surface area (TPSA) is 131 Å². The molecule has 1 amide bonds. The number of nitro benzene ring substituents is 1. The minimum absolute atomic E-state index is 0.117. The first kappa shape index (κ1) is 15.0. The van der Waals surface area contributed by atoms with E-state index in [0.717, 1.165) is 12.3 Å². The fourth-order valence-corrected chi connectivity index (χ4v) is 1.62. The number of nitrogens with two attached hydrogens (primary N) is 1. The molecular formula is C14H12N4O4. The Kier molecular flexibility index (Phi) is 4.33. The third-order valence-electron chi connectivity index (χ3n) is 2.76. The van der Waals surface area contributed by atoms with Crippen molar-refractivity contribution >= 4 is 23.5 Å². The number of non-ortho nitro benzene ring substituents is 1. The van der Waals surface area contributed by atoms with Crippen LogP contribution in [0.3, 0.4) is 0 Å². The molecule has 0 saturated heterocycles. The molecule has 0 aliphatic heterocycles. The average molecular weight is 300 g/mol. The summed E-state index contributed by atoms with van der Waals surface area (Å²) < 4.78 is 0. The Balaban J connectivity index is 2.09. The van der Waals surface area contributed by atoms with Crippen LogP contribution in [0.2, 0.25) is 0 Å². The van der Waals surface area contributed by atoms with Gasteiger partial charge >= 0.3 is 0 Å². The maximum absolute atomic E-state index is 11.8. The first-order chi connectivity index (χ1) is 10.5. The molecule has 0 atom stereocenters. The van der Waals surface area contributed by atoms with Crippen molar-refractivity contribution in [3.63, 3.8) is 0 Å². The molecule has 0 unspecified atom stereocenters. The highest BCUT2D eigenvalue weighted by Gasteiger charge is 2.09. The van der Waals surface area contributed by atoms with E-state index < -0.39 is 10.8 Å². The molecule has 0 saturated carbocycles. The monoisotopic (exact) mass is 300 g/mol. The normalized spacial score (nSPS) is 10.5. The Bertz CT molecular complexity index is 741. The number of phenolic OH excluding ortho intramolecular Hbond substituents is 1. The smallest absolute Gasteiger partial charge is 0.271 e. The molecule has 0 bridgehead atoms. The molecule has 0 fully saturated rings. The number of aromatic hydroxyl groups is 1. The van der Waals surface area contributed by atoms with Crippen molar-refractivity contribution in [2.45, 2.75) is 0 Å². The number of hydrogen-bond donors (Lipinski definition) is 3. The molecule has 2 aromatic rings. The van der Waals surface area contributed by atoms with E-state index in [-0.39, 0.29) is 17.0 Å². The summed E-state index contributed by atoms with van der Waals surface area (Å²) in [4.78, 5) is 21.8. The van der Waals surface area contributed by atoms with Crippen molar-refractivity contribution in [2.75, 3.05) is 5.73 Å². The molecule has 4 N–H and O–H groups in total. The van der Waals surface area contributed by atoms with Gasteiger partial charge in [-0.2, -0.15) is 5.10 Å². The third-order valence-corrected chi connectivity index (χ3v) is 2.76. The Morgan fingerprint density at radius 1 is 1.27 bits per heavy atom. The van der Waals surface area contributed by atoms with Gasteiger partial charge < -0.3 is 10.8 Å². The van der Waals surface area contributed by atoms with E-state index in [1.54, 1.807) is 12.1 Å². The van der Waals surface area contributed by atoms with E-state index in [1.807, 2.05) is 0 Å². The van der Waals surface area contributed by atoms with Crippen LogP contribution < -0.4 is 11.2 Å². The lowest BCUT2D eigenvalue weighted by Crippen LogP contribution is -2.17. The standard InChI is InChI=1S/C14H12N4O4/c15-11-3-1-9(2-4-11)14(20)17-16-8-10-7-12(18(21)22)5-6-13(10)19/h1-8,19H,15H2,(H,17,20)/b16-8-. The minimum Gasteiger partial charge on any atom is -0.507 e. The molecule has 112 valence electrons. The lowest BCUT2D eigenvalue weighted by molar-refractivity contribution is -0.384. The molecule has 22 heavy (non-hydrogen) atoms. The molecule has 0 heterocycles. The molecule has 0 aliphatic carbocycles. The Hall–Kier alpha value is -3.42. The quantitative estimate of drug-likeness (QED) is 0.342. The summed E-state index contributed by atoms with van der Waals surface area (Å²) in [5.41, 5.74) is 8.58. The van der Waals surface area contributed by atoms with Crippen LogP contribution >= 0.6 is 0 Å². The molecule has 2 rings (SSSR count). The van der Waals surface area contributed by atoms with Crippen molar-refractivity contribution in [1.29, 1.82) is 0 Å². The number of nitro groups is 1. The summed E-state index contributed by atoms with van der Waals surface area (Å²) in [5.74, 6) is -0.655. The number of nitrogens with zero attached hydrogens (tertiary/aromatic N) is 2. The fourth-order valence-electron chi connectivity index (χ4n) is 1.62. The van der Waals surface area contributed by atoms with Crippen LogP contribution in [-0.4, -0.2) is 22.2 Å². The molecule has 0 spiro atoms. The van der Waals surface area contributed by atoms with E-state index in [1.165, 1.54) is 24.3 Å². The number of hydrogen-bond acceptors (Lipinski definition) is 6. The first-order valence-electron chi connectivity index (χ1n) is 6.14. The van der Waals surface area contributed by atoms with Crippen LogP contribution in [-0.2, 0) is 0 Å². The van der Waals surface area contributed by atoms with Crippen molar-refractivity contribution in [3.8, 4) is 5.75 Å². The Labute approximate surface area is 125 Å². The van der Waals surface area contributed by atoms with Gasteiger partial charge in [0.1, 0.15) is 5.75 Å². The second kappa shape index (κ2) is 6.35. The van der Waals surface area contributed by atoms with Gasteiger partial charge in [0.05, 0.1) is 11.1 Å². The van der Waals surface area contributed by atoms with Gasteiger partial charge in [0, 0.05) is 28.9 Å². The highest BCUT2D eigenvalue weighted by Crippen LogP contribution is 2.21. The summed E-state index contributed by atoms with van der Waals surface area (Å²) in [7, 11) is 0. The number of carbonyl (C=O) groups is 1. The zero-order valence-electron chi connectivity index (χ0n) is 11.3. The van der Waals surface area contributed by atoms with E-state index in [9.17, 15) is 20.0 Å². The van der Waals surface area contributed by atoms with Gasteiger partial charge in [-0.15, -0.1) is 0 Å². The van der Waals surface area contributed by atoms with Crippen LogP contribution in [0.5, 0.6) is 5.75 Å². The second-order valence-electron chi connectivity index (χ2n) is 4.32. The summed E-state index contributed by atoms with van der Waals surface area (Å²) in [6.07, 6.45) is 1.12. The zero-order chi connectivity index (χ0) is 16.1. The molecule has 0 radical (unpaired) electrons. The van der Waals surface area contributed by atoms with Crippen molar-refractivity contribution < 1.29 is 14.8 Å². The molecule has 8 heteroatoms. The number of rotatable bonds is 4. The van der Waals surface area contributed by atoms with E-state index in [2.05, 4.69) is 10.5 Å². The van der Waals surface area contributed by atoms with Gasteiger partial charge in [-0.25, -0.2) is 5.43 Å². The van der Waals surface area contributed by atoms with Crippen LogP contribution in [0.1, 0.15) is 15.9 Å². The summed E-state index contributed by atoms with van der Waals surface area (Å²) in [6, 6.07) is 9.71. The van der Waals surface area contributed by atoms with Gasteiger partial charge in [0.25, 0.3) is 11.6 Å². The number of nitrogen functional groups attached to an aromatic ring is 1. The number of anilines is 1. The van der Waals surface area contributed by atoms with Gasteiger partial charge in [-0.3, -0.25) is 14.9 Å². The minimum atomic E-state index is -0.594. The zero-order valence-corrected chi connectivity index (χ0v) is 11.3. The maximum Gasteiger partial charge on any atom is 0.271 e. The molecule has 8 nitrogen and oxygen atoms in total. The SMILES string of the molecule is Nc1ccc(C(=O)N/N=C\c2cc([N+](=O)[O-])ccc2O)cc1. The third kappa shape index (κ3) is 3.57. The summed E-state index contributed by atoms with van der Waals surface area (Å²) in [5, 5.41) is 23.9. The number of amides is 1. The lowest BCUT2D eigenvalue weighted by Gasteiger charge is -2.01. The molecular weight excluding hydrogens is 288 g/mol. The second-order valence-corrected chi connectivity index (χ2v) is 4.32. The fraction of sp³-hybridized carbons (Fsp3) is 0. The van der Waals surface area contributed by atoms with E-state index >= 15 is 0 Å². The van der Waals surface area contributed by atoms with E-state index in [4.69, 9.17) is 5.73 Å². The van der Waals surface area contributed by atoms with Gasteiger partial charge in [-0.1, -0.05) is 0 Å². The van der Waals surface area contributed by atoms with E-state index in [0.29, 0.717) is 11.3 Å². The predicted molar refractivity (Wildman–Crippen MR) is 80.7 cm³/mol. The maximum atomic E-state index is 11.8. The van der Waals surface area contributed by atoms with Crippen LogP contribution in [0, 0.1) is 10.1 Å². The number of hydrazone groups is 1. The largest absolute Gasteiger partial charge is 0.507 e. The molecule has 2 aromatic carbocycles. The number of nitrogens with one attached hydrogen (secondary N) is 1. The number of phenols is 1. The van der Waals surface area contributed by atoms with Crippen LogP contribution in [0.4, 0.5) is 11.4 Å². The highest BCUT2D eigenvalue weighted by atomic mass is 16.6. The van der Waals surface area contributed by atoms with Crippen LogP contribution in [0.15, 0.2) is 47.6 Å². The van der Waals surface area contributed by atoms with Gasteiger partial charge in [-0.05, 0) is 30.3 Å². The van der Waals surface area contributed by atoms with Crippen molar-refractivity contribution in [1.82, 2.24) is 5.43 Å². The number of benzene rings is 2. The first-order valence-corrected chi connectivity index (χ1v) is 6.14. The lowest BCUT2D eigenvalue weighted by atomic mass is 10.2. The summed E-state index contributed by atoms with van der Waals surface area (Å²) >= 11 is 0. The van der Waals surface area contributed by atoms with Crippen molar-refractivity contribution in [2.24, 2.45) is 5.10 Å².